The smallest absolute Gasteiger partial charge is 0.220 e. The molecule has 2 N–H and O–H groups in total. The molecule has 0 saturated heterocycles. The summed E-state index contributed by atoms with van der Waals surface area (Å²) in [6.45, 7) is 2.80. The molecule has 1 aromatic carbocycles. The number of aliphatic hydroxyl groups is 1. The highest BCUT2D eigenvalue weighted by atomic mass is 79.9. The van der Waals surface area contributed by atoms with Gasteiger partial charge in [0.05, 0.1) is 12.7 Å². The molecule has 0 fully saturated rings. The van der Waals surface area contributed by atoms with E-state index in [4.69, 9.17) is 4.74 Å². The van der Waals surface area contributed by atoms with Gasteiger partial charge in [-0.2, -0.15) is 0 Å². The predicted molar refractivity (Wildman–Crippen MR) is 82.7 cm³/mol. The minimum Gasteiger partial charge on any atom is -0.391 e. The first kappa shape index (κ1) is 17.1. The Kier molecular flexibility index (Phi) is 7.80. The molecular weight excluding hydrogens is 322 g/mol. The molecule has 0 aromatic heterocycles. The van der Waals surface area contributed by atoms with E-state index in [2.05, 4.69) is 21.2 Å². The molecule has 0 bridgehead atoms. The fourth-order valence-corrected chi connectivity index (χ4v) is 2.18. The molecule has 0 aliphatic heterocycles. The highest BCUT2D eigenvalue weighted by Gasteiger charge is 2.11. The summed E-state index contributed by atoms with van der Waals surface area (Å²) in [6, 6.07) is 7.99. The van der Waals surface area contributed by atoms with Crippen molar-refractivity contribution in [3.8, 4) is 0 Å². The largest absolute Gasteiger partial charge is 0.391 e. The van der Waals surface area contributed by atoms with Crippen molar-refractivity contribution in [2.24, 2.45) is 0 Å². The number of carbonyl (C=O) groups excluding carboxylic acids is 1. The first-order valence-electron chi connectivity index (χ1n) is 6.72. The number of rotatable bonds is 8. The minimum absolute atomic E-state index is 0.00466. The second-order valence-corrected chi connectivity index (χ2v) is 5.82. The van der Waals surface area contributed by atoms with Gasteiger partial charge in [0.15, 0.2) is 0 Å². The van der Waals surface area contributed by atoms with Crippen molar-refractivity contribution in [3.63, 3.8) is 0 Å². The maximum Gasteiger partial charge on any atom is 0.220 e. The topological polar surface area (TPSA) is 58.6 Å². The lowest BCUT2D eigenvalue weighted by Gasteiger charge is -2.13. The number of carbonyl (C=O) groups is 1. The zero-order valence-electron chi connectivity index (χ0n) is 11.9. The summed E-state index contributed by atoms with van der Waals surface area (Å²) in [6.07, 6.45) is 0.429. The van der Waals surface area contributed by atoms with Crippen molar-refractivity contribution in [2.45, 2.75) is 31.8 Å². The average molecular weight is 344 g/mol. The lowest BCUT2D eigenvalue weighted by molar-refractivity contribution is -0.121. The van der Waals surface area contributed by atoms with E-state index in [0.717, 1.165) is 10.0 Å². The number of hydrogen-bond donors (Lipinski definition) is 2. The zero-order chi connectivity index (χ0) is 15.0. The van der Waals surface area contributed by atoms with E-state index in [1.165, 1.54) is 0 Å². The number of amides is 1. The third-order valence-electron chi connectivity index (χ3n) is 3.09. The first-order valence-corrected chi connectivity index (χ1v) is 7.51. The molecular formula is C15H22BrNO3. The molecule has 20 heavy (non-hydrogen) atoms. The number of nitrogens with one attached hydrogen (secondary N) is 1. The second-order valence-electron chi connectivity index (χ2n) is 4.90. The summed E-state index contributed by atoms with van der Waals surface area (Å²) in [5.41, 5.74) is 1.14. The molecule has 0 saturated carbocycles. The number of ether oxygens (including phenoxy) is 1. The molecule has 0 spiro atoms. The van der Waals surface area contributed by atoms with E-state index in [-0.39, 0.29) is 11.8 Å². The molecule has 1 amide bonds. The van der Waals surface area contributed by atoms with Crippen molar-refractivity contribution < 1.29 is 14.6 Å². The van der Waals surface area contributed by atoms with Crippen molar-refractivity contribution in [3.05, 3.63) is 34.3 Å². The molecule has 5 heteroatoms. The van der Waals surface area contributed by atoms with E-state index in [1.807, 2.05) is 31.2 Å². The van der Waals surface area contributed by atoms with Crippen LogP contribution in [0.15, 0.2) is 28.7 Å². The van der Waals surface area contributed by atoms with Crippen LogP contribution in [0.1, 0.15) is 31.2 Å². The summed E-state index contributed by atoms with van der Waals surface area (Å²) in [4.78, 5) is 11.8. The van der Waals surface area contributed by atoms with E-state index in [0.29, 0.717) is 26.0 Å². The number of halogens is 1. The standard InChI is InChI=1S/C15H22BrNO3/c1-11(12-3-5-13(16)6-4-12)9-15(19)17-8-7-14(18)10-20-2/h3-6,11,14,18H,7-10H2,1-2H3,(H,17,19). The van der Waals surface area contributed by atoms with Gasteiger partial charge >= 0.3 is 0 Å². The molecule has 0 heterocycles. The Labute approximate surface area is 128 Å². The van der Waals surface area contributed by atoms with Crippen molar-refractivity contribution in [2.75, 3.05) is 20.3 Å². The van der Waals surface area contributed by atoms with Crippen LogP contribution in [0, 0.1) is 0 Å². The monoisotopic (exact) mass is 343 g/mol. The van der Waals surface area contributed by atoms with Crippen LogP contribution in [-0.2, 0) is 9.53 Å². The fraction of sp³-hybridized carbons (Fsp3) is 0.533. The van der Waals surface area contributed by atoms with E-state index in [1.54, 1.807) is 7.11 Å². The van der Waals surface area contributed by atoms with Crippen LogP contribution < -0.4 is 5.32 Å². The third kappa shape index (κ3) is 6.50. The van der Waals surface area contributed by atoms with Gasteiger partial charge in [-0.1, -0.05) is 35.0 Å². The van der Waals surface area contributed by atoms with Gasteiger partial charge in [0.2, 0.25) is 5.91 Å². The molecule has 0 aliphatic rings. The molecule has 2 atom stereocenters. The van der Waals surface area contributed by atoms with Gasteiger partial charge in [0.1, 0.15) is 0 Å². The lowest BCUT2D eigenvalue weighted by atomic mass is 9.97. The quantitative estimate of drug-likeness (QED) is 0.762. The number of hydrogen-bond acceptors (Lipinski definition) is 3. The summed E-state index contributed by atoms with van der Waals surface area (Å²) in [7, 11) is 1.54. The van der Waals surface area contributed by atoms with Crippen LogP contribution >= 0.6 is 15.9 Å². The summed E-state index contributed by atoms with van der Waals surface area (Å²) >= 11 is 3.39. The van der Waals surface area contributed by atoms with Crippen LogP contribution in [0.25, 0.3) is 0 Å². The van der Waals surface area contributed by atoms with Crippen molar-refractivity contribution in [1.82, 2.24) is 5.32 Å². The zero-order valence-corrected chi connectivity index (χ0v) is 13.5. The van der Waals surface area contributed by atoms with E-state index < -0.39 is 6.10 Å². The van der Waals surface area contributed by atoms with Gasteiger partial charge in [-0.05, 0) is 30.0 Å². The Morgan fingerprint density at radius 2 is 2.05 bits per heavy atom. The molecule has 2 unspecified atom stereocenters. The van der Waals surface area contributed by atoms with Gasteiger partial charge < -0.3 is 15.2 Å². The second kappa shape index (κ2) is 9.10. The molecule has 1 aromatic rings. The van der Waals surface area contributed by atoms with Gasteiger partial charge in [0, 0.05) is 24.5 Å². The summed E-state index contributed by atoms with van der Waals surface area (Å²) < 4.78 is 5.86. The van der Waals surface area contributed by atoms with Crippen LogP contribution in [-0.4, -0.2) is 37.4 Å². The Morgan fingerprint density at radius 1 is 1.40 bits per heavy atom. The van der Waals surface area contributed by atoms with Crippen LogP contribution in [0.2, 0.25) is 0 Å². The SMILES string of the molecule is COCC(O)CCNC(=O)CC(C)c1ccc(Br)cc1. The third-order valence-corrected chi connectivity index (χ3v) is 3.62. The minimum atomic E-state index is -0.524. The highest BCUT2D eigenvalue weighted by molar-refractivity contribution is 9.10. The summed E-state index contributed by atoms with van der Waals surface area (Å²) in [5.74, 6) is 0.178. The van der Waals surface area contributed by atoms with Crippen LogP contribution in [0.5, 0.6) is 0 Å². The van der Waals surface area contributed by atoms with Crippen molar-refractivity contribution in [1.29, 1.82) is 0 Å². The predicted octanol–water partition coefficient (Wildman–Crippen LogP) is 2.46. The van der Waals surface area contributed by atoms with Gasteiger partial charge in [-0.15, -0.1) is 0 Å². The summed E-state index contributed by atoms with van der Waals surface area (Å²) in [5, 5.41) is 12.3. The van der Waals surface area contributed by atoms with E-state index in [9.17, 15) is 9.90 Å². The maximum atomic E-state index is 11.8. The van der Waals surface area contributed by atoms with Crippen LogP contribution in [0.4, 0.5) is 0 Å². The fourth-order valence-electron chi connectivity index (χ4n) is 1.91. The van der Waals surface area contributed by atoms with Crippen molar-refractivity contribution >= 4 is 21.8 Å². The van der Waals surface area contributed by atoms with Crippen LogP contribution in [0.3, 0.4) is 0 Å². The normalized spacial score (nSPS) is 13.8. The Morgan fingerprint density at radius 3 is 2.65 bits per heavy atom. The molecule has 4 nitrogen and oxygen atoms in total. The Hall–Kier alpha value is -0.910. The number of aliphatic hydroxyl groups excluding tert-OH is 1. The number of benzene rings is 1. The van der Waals surface area contributed by atoms with E-state index >= 15 is 0 Å². The highest BCUT2D eigenvalue weighted by Crippen LogP contribution is 2.21. The molecule has 0 radical (unpaired) electrons. The van der Waals surface area contributed by atoms with Gasteiger partial charge in [0.25, 0.3) is 0 Å². The average Bonchev–Trinajstić information content (AvgIpc) is 2.39. The Balaban J connectivity index is 2.29. The lowest BCUT2D eigenvalue weighted by Crippen LogP contribution is -2.29. The number of methoxy groups -OCH3 is 1. The molecule has 0 aliphatic carbocycles. The first-order chi connectivity index (χ1) is 9.52. The van der Waals surface area contributed by atoms with Gasteiger partial charge in [-0.25, -0.2) is 0 Å². The molecule has 112 valence electrons. The van der Waals surface area contributed by atoms with Gasteiger partial charge in [-0.3, -0.25) is 4.79 Å². The maximum absolute atomic E-state index is 11.8. The molecule has 1 rings (SSSR count). The Bertz CT molecular complexity index is 408.